The third-order valence-corrected chi connectivity index (χ3v) is 15.7. The van der Waals surface area contributed by atoms with E-state index in [4.69, 9.17) is 19.9 Å². The van der Waals surface area contributed by atoms with E-state index in [2.05, 4.69) is 194 Å². The van der Waals surface area contributed by atoms with Crippen LogP contribution in [-0.4, -0.2) is 24.5 Å². The Balaban J connectivity index is 0.887. The van der Waals surface area contributed by atoms with Crippen molar-refractivity contribution in [3.05, 3.63) is 211 Å². The van der Waals surface area contributed by atoms with Gasteiger partial charge in [0.05, 0.1) is 28.2 Å². The van der Waals surface area contributed by atoms with Crippen molar-refractivity contribution in [2.45, 2.75) is 51.4 Å². The Kier molecular flexibility index (Phi) is 10.7. The van der Waals surface area contributed by atoms with Crippen molar-refractivity contribution in [1.82, 2.24) is 24.5 Å². The molecule has 8 aromatic carbocycles. The van der Waals surface area contributed by atoms with Crippen molar-refractivity contribution < 1.29 is 0 Å². The molecule has 11 aromatic rings. The molecule has 13 rings (SSSR count). The van der Waals surface area contributed by atoms with Crippen LogP contribution >= 0.6 is 0 Å². The Hall–Kier alpha value is -8.53. The number of fused-ring (bicyclic) bond motifs is 6. The lowest BCUT2D eigenvalue weighted by Gasteiger charge is -2.50. The average Bonchev–Trinajstić information content (AvgIpc) is 3.76. The summed E-state index contributed by atoms with van der Waals surface area (Å²) in [7, 11) is 0. The number of pyridine rings is 1. The number of nitrogens with zero attached hydrogens (tertiary/aromatic N) is 6. The van der Waals surface area contributed by atoms with Gasteiger partial charge < -0.3 is 4.57 Å². The predicted molar refractivity (Wildman–Crippen MR) is 293 cm³/mol. The van der Waals surface area contributed by atoms with E-state index in [9.17, 15) is 5.26 Å². The summed E-state index contributed by atoms with van der Waals surface area (Å²) in [5, 5.41) is 12.7. The van der Waals surface area contributed by atoms with Gasteiger partial charge in [-0.2, -0.15) is 5.26 Å². The molecule has 0 amide bonds. The summed E-state index contributed by atoms with van der Waals surface area (Å²) in [6.45, 7) is 4.91. The van der Waals surface area contributed by atoms with Gasteiger partial charge in [0.1, 0.15) is 0 Å². The van der Waals surface area contributed by atoms with Crippen LogP contribution < -0.4 is 0 Å². The van der Waals surface area contributed by atoms with E-state index in [-0.39, 0.29) is 5.41 Å². The molecule has 4 atom stereocenters. The third kappa shape index (κ3) is 7.73. The first kappa shape index (κ1) is 43.5. The fourth-order valence-electron chi connectivity index (χ4n) is 12.8. The van der Waals surface area contributed by atoms with Crippen molar-refractivity contribution >= 4 is 32.7 Å². The number of rotatable bonds is 8. The molecule has 72 heavy (non-hydrogen) atoms. The lowest BCUT2D eigenvalue weighted by atomic mass is 9.54. The Morgan fingerprint density at radius 2 is 0.958 bits per heavy atom. The monoisotopic (exact) mass is 928 g/mol. The quantitative estimate of drug-likeness (QED) is 0.152. The molecule has 2 saturated carbocycles. The summed E-state index contributed by atoms with van der Waals surface area (Å²) >= 11 is 0. The molecular weight excluding hydrogens is 877 g/mol. The summed E-state index contributed by atoms with van der Waals surface area (Å²) in [6.07, 6.45) is 8.44. The molecule has 0 aliphatic heterocycles. The van der Waals surface area contributed by atoms with Crippen molar-refractivity contribution in [2.24, 2.45) is 17.8 Å². The van der Waals surface area contributed by atoms with Gasteiger partial charge in [-0.05, 0) is 141 Å². The largest absolute Gasteiger partial charge is 0.308 e. The third-order valence-electron chi connectivity index (χ3n) is 15.7. The molecule has 2 aliphatic rings. The first-order valence-corrected chi connectivity index (χ1v) is 25.4. The van der Waals surface area contributed by atoms with E-state index in [1.165, 1.54) is 54.0 Å². The molecule has 0 radical (unpaired) electrons. The molecule has 1 unspecified atom stereocenters. The standard InChI is InChI=1S/C66H52N6/c1-42-34-45-35-43(2)38-66(37-42,39-45)53-30-28-51(29-31-53)64-69-63(70-65(71-64)52-36-61-62(68-41-52)59-14-8-9-15-60(59)72(61)54-10-4-3-5-11-54)50-26-24-49(25-27-50)56-33-32-55(57-12-6-7-13-58(56)57)48-22-20-47(21-23-48)46-18-16-44(40-67)17-19-46/h3-33,36,41-43,45H,34-35,37-39H2,1-2H3/t42-,43+,45-,66?. The zero-order chi connectivity index (χ0) is 48.3. The molecule has 0 N–H and O–H groups in total. The number of benzene rings is 8. The number of hydrogen-bond acceptors (Lipinski definition) is 5. The Morgan fingerprint density at radius 3 is 1.54 bits per heavy atom. The Labute approximate surface area is 420 Å². The molecule has 2 bridgehead atoms. The van der Waals surface area contributed by atoms with Gasteiger partial charge in [-0.15, -0.1) is 0 Å². The van der Waals surface area contributed by atoms with Crippen LogP contribution in [-0.2, 0) is 5.41 Å². The second-order valence-electron chi connectivity index (χ2n) is 20.7. The van der Waals surface area contributed by atoms with Crippen molar-refractivity contribution in [3.63, 3.8) is 0 Å². The van der Waals surface area contributed by atoms with E-state index in [0.29, 0.717) is 23.0 Å². The average molecular weight is 929 g/mol. The smallest absolute Gasteiger partial charge is 0.165 e. The highest BCUT2D eigenvalue weighted by atomic mass is 15.0. The number of aromatic nitrogens is 5. The predicted octanol–water partition coefficient (Wildman–Crippen LogP) is 16.5. The molecule has 6 nitrogen and oxygen atoms in total. The highest BCUT2D eigenvalue weighted by Gasteiger charge is 2.45. The van der Waals surface area contributed by atoms with Crippen LogP contribution in [0, 0.1) is 29.1 Å². The zero-order valence-electron chi connectivity index (χ0n) is 40.5. The number of hydrogen-bond donors (Lipinski definition) is 0. The minimum absolute atomic E-state index is 0.235. The molecule has 0 spiro atoms. The zero-order valence-corrected chi connectivity index (χ0v) is 40.5. The van der Waals surface area contributed by atoms with E-state index < -0.39 is 0 Å². The van der Waals surface area contributed by atoms with Crippen molar-refractivity contribution in [3.8, 4) is 79.3 Å². The topological polar surface area (TPSA) is 80.3 Å². The summed E-state index contributed by atoms with van der Waals surface area (Å²) in [6, 6.07) is 70.8. The van der Waals surface area contributed by atoms with E-state index in [1.54, 1.807) is 0 Å². The van der Waals surface area contributed by atoms with Gasteiger partial charge in [0, 0.05) is 34.0 Å². The molecule has 3 aromatic heterocycles. The SMILES string of the molecule is C[C@@H]1C[C@@H]2C[C@H](C)CC(c3ccc(-c4nc(-c5ccc(-c6ccc(-c7ccc(-c8ccc(C#N)cc8)cc7)c7ccccc67)cc5)nc(-c5cnc6c7ccccc7n(-c7ccccc7)c6c5)n4)cc3)(C1)C2. The van der Waals surface area contributed by atoms with Crippen LogP contribution in [0.25, 0.3) is 106 Å². The Morgan fingerprint density at radius 1 is 0.472 bits per heavy atom. The minimum atomic E-state index is 0.235. The van der Waals surface area contributed by atoms with Gasteiger partial charge in [-0.25, -0.2) is 15.0 Å². The van der Waals surface area contributed by atoms with Gasteiger partial charge in [-0.1, -0.05) is 172 Å². The van der Waals surface area contributed by atoms with Crippen molar-refractivity contribution in [1.29, 1.82) is 5.26 Å². The second kappa shape index (κ2) is 17.7. The lowest BCUT2D eigenvalue weighted by molar-refractivity contribution is 0.0780. The maximum atomic E-state index is 9.27. The molecule has 2 aliphatic carbocycles. The first-order chi connectivity index (χ1) is 35.4. The molecule has 6 heteroatoms. The lowest BCUT2D eigenvalue weighted by Crippen LogP contribution is -2.42. The highest BCUT2D eigenvalue weighted by Crippen LogP contribution is 2.54. The van der Waals surface area contributed by atoms with Gasteiger partial charge in [0.2, 0.25) is 0 Å². The van der Waals surface area contributed by atoms with Crippen LogP contribution in [0.5, 0.6) is 0 Å². The van der Waals surface area contributed by atoms with Gasteiger partial charge in [-0.3, -0.25) is 4.98 Å². The molecular formula is C66H52N6. The summed E-state index contributed by atoms with van der Waals surface area (Å²) < 4.78 is 2.29. The second-order valence-corrected chi connectivity index (χ2v) is 20.7. The van der Waals surface area contributed by atoms with Crippen LogP contribution in [0.2, 0.25) is 0 Å². The van der Waals surface area contributed by atoms with E-state index in [0.717, 1.165) is 89.9 Å². The fourth-order valence-corrected chi connectivity index (χ4v) is 12.8. The first-order valence-electron chi connectivity index (χ1n) is 25.4. The summed E-state index contributed by atoms with van der Waals surface area (Å²) in [5.41, 5.74) is 16.0. The normalized spacial score (nSPS) is 18.6. The maximum Gasteiger partial charge on any atom is 0.165 e. The highest BCUT2D eigenvalue weighted by molar-refractivity contribution is 6.08. The van der Waals surface area contributed by atoms with Crippen LogP contribution in [0.4, 0.5) is 0 Å². The molecule has 3 heterocycles. The molecule has 0 saturated heterocycles. The maximum absolute atomic E-state index is 9.27. The van der Waals surface area contributed by atoms with Gasteiger partial charge in [0.25, 0.3) is 0 Å². The van der Waals surface area contributed by atoms with Crippen LogP contribution in [0.3, 0.4) is 0 Å². The van der Waals surface area contributed by atoms with E-state index >= 15 is 0 Å². The summed E-state index contributed by atoms with van der Waals surface area (Å²) in [4.78, 5) is 20.9. The van der Waals surface area contributed by atoms with E-state index in [1.807, 2.05) is 30.5 Å². The van der Waals surface area contributed by atoms with Gasteiger partial charge in [0.15, 0.2) is 17.5 Å². The van der Waals surface area contributed by atoms with Crippen molar-refractivity contribution in [2.75, 3.05) is 0 Å². The molecule has 2 fully saturated rings. The fraction of sp³-hybridized carbons (Fsp3) is 0.167. The number of para-hydroxylation sites is 2. The minimum Gasteiger partial charge on any atom is -0.308 e. The number of nitriles is 1. The summed E-state index contributed by atoms with van der Waals surface area (Å²) in [5.74, 6) is 4.14. The van der Waals surface area contributed by atoms with Crippen LogP contribution in [0.15, 0.2) is 200 Å². The van der Waals surface area contributed by atoms with Gasteiger partial charge >= 0.3 is 0 Å². The van der Waals surface area contributed by atoms with Crippen LogP contribution in [0.1, 0.15) is 57.1 Å². The molecule has 346 valence electrons. The Bertz CT molecular complexity index is 3850.